The molecule has 31 heavy (non-hydrogen) atoms. The fraction of sp³-hybridized carbons (Fsp3) is 0.174. The van der Waals surface area contributed by atoms with Gasteiger partial charge in [0.1, 0.15) is 5.82 Å². The molecule has 5 nitrogen and oxygen atoms in total. The lowest BCUT2D eigenvalue weighted by molar-refractivity contribution is -0.120. The highest BCUT2D eigenvalue weighted by Gasteiger charge is 2.21. The Bertz CT molecular complexity index is 1130. The number of nitrogens with zero attached hydrogens (tertiary/aromatic N) is 3. The maximum Gasteiger partial charge on any atom is 0.233 e. The van der Waals surface area contributed by atoms with Crippen molar-refractivity contribution in [1.82, 2.24) is 20.1 Å². The topological polar surface area (TPSA) is 59.8 Å². The number of nitrogens with one attached hydrogen (secondary N) is 1. The van der Waals surface area contributed by atoms with E-state index in [1.807, 2.05) is 59.3 Å². The van der Waals surface area contributed by atoms with Gasteiger partial charge < -0.3 is 5.32 Å². The Kier molecular flexibility index (Phi) is 6.79. The van der Waals surface area contributed by atoms with Crippen molar-refractivity contribution in [1.29, 1.82) is 0 Å². The average molecular weight is 453 g/mol. The lowest BCUT2D eigenvalue weighted by Crippen LogP contribution is -2.30. The number of thioether (sulfide) groups is 1. The van der Waals surface area contributed by atoms with Crippen molar-refractivity contribution in [2.75, 3.05) is 0 Å². The van der Waals surface area contributed by atoms with Gasteiger partial charge in [-0.3, -0.25) is 9.36 Å². The summed E-state index contributed by atoms with van der Waals surface area (Å²) in [6.45, 7) is 2.92. The van der Waals surface area contributed by atoms with Gasteiger partial charge in [-0.05, 0) is 48.2 Å². The number of hydrogen-bond acceptors (Lipinski definition) is 5. The third-order valence-corrected chi connectivity index (χ3v) is 6.63. The molecule has 0 aliphatic rings. The third kappa shape index (κ3) is 5.39. The minimum absolute atomic E-state index is 0.0593. The van der Waals surface area contributed by atoms with Gasteiger partial charge in [0, 0.05) is 10.4 Å². The van der Waals surface area contributed by atoms with Crippen LogP contribution in [0.25, 0.3) is 11.4 Å². The van der Waals surface area contributed by atoms with Crippen LogP contribution in [0.3, 0.4) is 0 Å². The van der Waals surface area contributed by atoms with E-state index in [2.05, 4.69) is 15.5 Å². The number of rotatable bonds is 8. The van der Waals surface area contributed by atoms with E-state index < -0.39 is 0 Å². The van der Waals surface area contributed by atoms with Gasteiger partial charge in [-0.1, -0.05) is 48.2 Å². The van der Waals surface area contributed by atoms with Gasteiger partial charge in [0.25, 0.3) is 0 Å². The second-order valence-electron chi connectivity index (χ2n) is 6.94. The molecule has 8 heteroatoms. The van der Waals surface area contributed by atoms with Crippen molar-refractivity contribution < 1.29 is 9.18 Å². The van der Waals surface area contributed by atoms with Crippen LogP contribution < -0.4 is 5.32 Å². The number of amides is 1. The Morgan fingerprint density at radius 2 is 1.87 bits per heavy atom. The fourth-order valence-electron chi connectivity index (χ4n) is 3.04. The summed E-state index contributed by atoms with van der Waals surface area (Å²) in [4.78, 5) is 13.7. The first-order valence-corrected chi connectivity index (χ1v) is 11.6. The standard InChI is InChI=1S/C23H21FN4OS2/c1-16(22(29)25-14-20-8-5-13-30-20)31-23-27-26-21(18-9-11-19(24)12-10-18)28(23)15-17-6-3-2-4-7-17/h2-13,16H,14-15H2,1H3,(H,25,29). The zero-order valence-electron chi connectivity index (χ0n) is 16.9. The molecule has 1 N–H and O–H groups in total. The summed E-state index contributed by atoms with van der Waals surface area (Å²) in [5, 5.41) is 14.0. The largest absolute Gasteiger partial charge is 0.350 e. The van der Waals surface area contributed by atoms with Crippen LogP contribution in [0.15, 0.2) is 77.3 Å². The number of benzene rings is 2. The summed E-state index contributed by atoms with van der Waals surface area (Å²) in [5.41, 5.74) is 1.86. The smallest absolute Gasteiger partial charge is 0.233 e. The zero-order chi connectivity index (χ0) is 21.6. The number of carbonyl (C=O) groups is 1. The molecule has 0 aliphatic heterocycles. The van der Waals surface area contributed by atoms with E-state index in [1.54, 1.807) is 23.5 Å². The lowest BCUT2D eigenvalue weighted by atomic mass is 10.2. The third-order valence-electron chi connectivity index (χ3n) is 4.67. The molecule has 0 aliphatic carbocycles. The molecule has 0 bridgehead atoms. The summed E-state index contributed by atoms with van der Waals surface area (Å²) in [7, 11) is 0. The van der Waals surface area contributed by atoms with E-state index in [4.69, 9.17) is 0 Å². The molecule has 4 rings (SSSR count). The van der Waals surface area contributed by atoms with Crippen LogP contribution in [0.5, 0.6) is 0 Å². The van der Waals surface area contributed by atoms with Gasteiger partial charge in [0.05, 0.1) is 18.3 Å². The van der Waals surface area contributed by atoms with Gasteiger partial charge in [-0.25, -0.2) is 4.39 Å². The van der Waals surface area contributed by atoms with E-state index >= 15 is 0 Å². The average Bonchev–Trinajstić information content (AvgIpc) is 3.44. The molecule has 4 aromatic rings. The predicted octanol–water partition coefficient (Wildman–Crippen LogP) is 4.99. The summed E-state index contributed by atoms with van der Waals surface area (Å²) >= 11 is 2.97. The van der Waals surface area contributed by atoms with Crippen LogP contribution in [-0.2, 0) is 17.9 Å². The van der Waals surface area contributed by atoms with Gasteiger partial charge in [-0.15, -0.1) is 21.5 Å². The molecular formula is C23H21FN4OS2. The molecule has 0 fully saturated rings. The SMILES string of the molecule is CC(Sc1nnc(-c2ccc(F)cc2)n1Cc1ccccc1)C(=O)NCc1cccs1. The molecule has 2 aromatic heterocycles. The number of aromatic nitrogens is 3. The van der Waals surface area contributed by atoms with E-state index in [0.29, 0.717) is 24.1 Å². The Morgan fingerprint density at radius 1 is 1.10 bits per heavy atom. The summed E-state index contributed by atoms with van der Waals surface area (Å²) in [6.07, 6.45) is 0. The number of carbonyl (C=O) groups excluding carboxylic acids is 1. The zero-order valence-corrected chi connectivity index (χ0v) is 18.5. The predicted molar refractivity (Wildman–Crippen MR) is 122 cm³/mol. The number of thiophene rings is 1. The monoisotopic (exact) mass is 452 g/mol. The van der Waals surface area contributed by atoms with Crippen LogP contribution in [0.2, 0.25) is 0 Å². The minimum atomic E-state index is -0.347. The summed E-state index contributed by atoms with van der Waals surface area (Å²) in [6, 6.07) is 20.1. The molecule has 1 unspecified atom stereocenters. The van der Waals surface area contributed by atoms with Gasteiger partial charge >= 0.3 is 0 Å². The van der Waals surface area contributed by atoms with E-state index in [0.717, 1.165) is 16.0 Å². The van der Waals surface area contributed by atoms with Crippen LogP contribution in [0.1, 0.15) is 17.4 Å². The van der Waals surface area contributed by atoms with Crippen LogP contribution in [0.4, 0.5) is 4.39 Å². The van der Waals surface area contributed by atoms with E-state index in [-0.39, 0.29) is 17.0 Å². The number of hydrogen-bond donors (Lipinski definition) is 1. The van der Waals surface area contributed by atoms with Crippen molar-refractivity contribution in [3.63, 3.8) is 0 Å². The first-order chi connectivity index (χ1) is 15.1. The summed E-state index contributed by atoms with van der Waals surface area (Å²) in [5.74, 6) is 0.275. The lowest BCUT2D eigenvalue weighted by Gasteiger charge is -2.14. The molecular weight excluding hydrogens is 431 g/mol. The van der Waals surface area contributed by atoms with Gasteiger partial charge in [0.2, 0.25) is 5.91 Å². The van der Waals surface area contributed by atoms with Crippen LogP contribution in [0, 0.1) is 5.82 Å². The highest BCUT2D eigenvalue weighted by Crippen LogP contribution is 2.28. The second kappa shape index (κ2) is 9.89. The molecule has 0 saturated carbocycles. The van der Waals surface area contributed by atoms with Gasteiger partial charge in [0.15, 0.2) is 11.0 Å². The molecule has 0 saturated heterocycles. The molecule has 1 atom stereocenters. The molecule has 0 radical (unpaired) electrons. The quantitative estimate of drug-likeness (QED) is 0.383. The maximum absolute atomic E-state index is 13.4. The van der Waals surface area contributed by atoms with Gasteiger partial charge in [-0.2, -0.15) is 0 Å². The first-order valence-electron chi connectivity index (χ1n) is 9.80. The maximum atomic E-state index is 13.4. The van der Waals surface area contributed by atoms with E-state index in [1.165, 1.54) is 23.9 Å². The molecule has 0 spiro atoms. The Morgan fingerprint density at radius 3 is 2.58 bits per heavy atom. The minimum Gasteiger partial charge on any atom is -0.350 e. The van der Waals surface area contributed by atoms with Crippen LogP contribution in [-0.4, -0.2) is 25.9 Å². The van der Waals surface area contributed by atoms with Crippen molar-refractivity contribution in [3.8, 4) is 11.4 Å². The fourth-order valence-corrected chi connectivity index (χ4v) is 4.56. The molecule has 158 valence electrons. The van der Waals surface area contributed by atoms with Crippen molar-refractivity contribution in [3.05, 3.63) is 88.4 Å². The Hall–Kier alpha value is -2.97. The first kappa shape index (κ1) is 21.3. The highest BCUT2D eigenvalue weighted by atomic mass is 32.2. The van der Waals surface area contributed by atoms with Crippen molar-refractivity contribution in [2.45, 2.75) is 30.4 Å². The molecule has 2 heterocycles. The molecule has 1 amide bonds. The van der Waals surface area contributed by atoms with Crippen molar-refractivity contribution >= 4 is 29.0 Å². The van der Waals surface area contributed by atoms with Crippen LogP contribution >= 0.6 is 23.1 Å². The summed E-state index contributed by atoms with van der Waals surface area (Å²) < 4.78 is 15.4. The Balaban J connectivity index is 1.55. The molecule has 2 aromatic carbocycles. The highest BCUT2D eigenvalue weighted by molar-refractivity contribution is 8.00. The Labute approximate surface area is 188 Å². The number of halogens is 1. The van der Waals surface area contributed by atoms with E-state index in [9.17, 15) is 9.18 Å². The normalized spacial score (nSPS) is 11.9. The van der Waals surface area contributed by atoms with Crippen molar-refractivity contribution in [2.24, 2.45) is 0 Å². The second-order valence-corrected chi connectivity index (χ2v) is 9.28.